The molecule has 0 radical (unpaired) electrons. The number of halogens is 1. The minimum atomic E-state index is 0.673. The molecule has 3 heteroatoms. The van der Waals surface area contributed by atoms with Crippen molar-refractivity contribution in [1.82, 2.24) is 0 Å². The molecule has 1 atom stereocenters. The van der Waals surface area contributed by atoms with Crippen LogP contribution in [0.3, 0.4) is 0 Å². The van der Waals surface area contributed by atoms with Gasteiger partial charge in [0.1, 0.15) is 0 Å². The minimum Gasteiger partial charge on any atom is -0.490 e. The Morgan fingerprint density at radius 3 is 2.40 bits per heavy atom. The van der Waals surface area contributed by atoms with E-state index in [0.29, 0.717) is 6.61 Å². The van der Waals surface area contributed by atoms with Crippen molar-refractivity contribution in [2.45, 2.75) is 39.0 Å². The van der Waals surface area contributed by atoms with Gasteiger partial charge in [0.25, 0.3) is 0 Å². The summed E-state index contributed by atoms with van der Waals surface area (Å²) >= 11 is 3.67. The van der Waals surface area contributed by atoms with Gasteiger partial charge in [0, 0.05) is 5.33 Å². The first-order valence-electron chi connectivity index (χ1n) is 7.75. The van der Waals surface area contributed by atoms with Crippen molar-refractivity contribution in [3.63, 3.8) is 0 Å². The van der Waals surface area contributed by atoms with Crippen LogP contribution >= 0.6 is 15.9 Å². The van der Waals surface area contributed by atoms with Gasteiger partial charge >= 0.3 is 0 Å². The first kappa shape index (κ1) is 15.7. The Morgan fingerprint density at radius 2 is 1.80 bits per heavy atom. The fourth-order valence-corrected chi connectivity index (χ4v) is 3.88. The van der Waals surface area contributed by atoms with Crippen molar-refractivity contribution in [3.8, 4) is 11.5 Å². The number of alkyl halides is 1. The lowest BCUT2D eigenvalue weighted by Gasteiger charge is -2.21. The third kappa shape index (κ3) is 4.41. The van der Waals surface area contributed by atoms with Gasteiger partial charge in [-0.1, -0.05) is 53.7 Å². The van der Waals surface area contributed by atoms with Gasteiger partial charge in [-0.25, -0.2) is 0 Å². The molecule has 1 aliphatic rings. The predicted octanol–water partition coefficient (Wildman–Crippen LogP) is 5.06. The Labute approximate surface area is 131 Å². The summed E-state index contributed by atoms with van der Waals surface area (Å²) in [6, 6.07) is 7.94. The number of rotatable bonds is 8. The van der Waals surface area contributed by atoms with Gasteiger partial charge < -0.3 is 9.47 Å². The topological polar surface area (TPSA) is 18.5 Å². The van der Waals surface area contributed by atoms with Gasteiger partial charge in [-0.3, -0.25) is 0 Å². The van der Waals surface area contributed by atoms with Crippen molar-refractivity contribution in [2.24, 2.45) is 11.8 Å². The van der Waals surface area contributed by atoms with E-state index in [9.17, 15) is 0 Å². The Bertz CT molecular complexity index is 388. The average Bonchev–Trinajstić information content (AvgIpc) is 2.99. The summed E-state index contributed by atoms with van der Waals surface area (Å²) in [7, 11) is 0. The quantitative estimate of drug-likeness (QED) is 0.616. The maximum Gasteiger partial charge on any atom is 0.161 e. The molecule has 1 aromatic carbocycles. The molecule has 1 aromatic rings. The summed E-state index contributed by atoms with van der Waals surface area (Å²) in [5.41, 5.74) is 0. The van der Waals surface area contributed by atoms with Crippen LogP contribution in [0.2, 0.25) is 0 Å². The molecule has 0 spiro atoms. The summed E-state index contributed by atoms with van der Waals surface area (Å²) in [5.74, 6) is 3.36. The van der Waals surface area contributed by atoms with Crippen LogP contribution in [0.1, 0.15) is 39.0 Å². The number of hydrogen-bond acceptors (Lipinski definition) is 2. The number of ether oxygens (including phenoxy) is 2. The van der Waals surface area contributed by atoms with E-state index >= 15 is 0 Å². The molecule has 0 bridgehead atoms. The second-order valence-corrected chi connectivity index (χ2v) is 6.12. The summed E-state index contributed by atoms with van der Waals surface area (Å²) in [6.07, 6.45) is 6.72. The van der Waals surface area contributed by atoms with Crippen LogP contribution in [-0.2, 0) is 0 Å². The lowest BCUT2D eigenvalue weighted by molar-refractivity contribution is 0.236. The van der Waals surface area contributed by atoms with Crippen molar-refractivity contribution < 1.29 is 9.47 Å². The standard InChI is InChI=1S/C17H25BrO2/c1-2-19-16-9-5-6-10-17(16)20-12-11-15(13-18)14-7-3-4-8-14/h5-6,9-10,14-15H,2-4,7-8,11-13H2,1H3. The molecular weight excluding hydrogens is 316 g/mol. The second kappa shape index (κ2) is 8.56. The highest BCUT2D eigenvalue weighted by molar-refractivity contribution is 9.09. The van der Waals surface area contributed by atoms with E-state index in [1.807, 2.05) is 31.2 Å². The van der Waals surface area contributed by atoms with Crippen LogP contribution in [0, 0.1) is 11.8 Å². The first-order valence-corrected chi connectivity index (χ1v) is 8.88. The molecule has 0 aliphatic heterocycles. The van der Waals surface area contributed by atoms with Gasteiger partial charge in [0.15, 0.2) is 11.5 Å². The lowest BCUT2D eigenvalue weighted by Crippen LogP contribution is -2.16. The molecule has 2 nitrogen and oxygen atoms in total. The zero-order valence-corrected chi connectivity index (χ0v) is 13.9. The highest BCUT2D eigenvalue weighted by Crippen LogP contribution is 2.34. The van der Waals surface area contributed by atoms with E-state index in [0.717, 1.165) is 41.7 Å². The average molecular weight is 341 g/mol. The van der Waals surface area contributed by atoms with Gasteiger partial charge in [-0.15, -0.1) is 0 Å². The monoisotopic (exact) mass is 340 g/mol. The highest BCUT2D eigenvalue weighted by Gasteiger charge is 2.24. The van der Waals surface area contributed by atoms with Crippen LogP contribution in [0.4, 0.5) is 0 Å². The fourth-order valence-electron chi connectivity index (χ4n) is 3.03. The van der Waals surface area contributed by atoms with E-state index < -0.39 is 0 Å². The van der Waals surface area contributed by atoms with Gasteiger partial charge in [-0.2, -0.15) is 0 Å². The molecule has 0 aromatic heterocycles. The number of benzene rings is 1. The zero-order valence-electron chi connectivity index (χ0n) is 12.3. The van der Waals surface area contributed by atoms with Crippen LogP contribution in [0.15, 0.2) is 24.3 Å². The largest absolute Gasteiger partial charge is 0.490 e. The maximum atomic E-state index is 5.94. The molecule has 0 saturated heterocycles. The minimum absolute atomic E-state index is 0.673. The summed E-state index contributed by atoms with van der Waals surface area (Å²) < 4.78 is 11.5. The van der Waals surface area contributed by atoms with E-state index in [1.165, 1.54) is 25.7 Å². The lowest BCUT2D eigenvalue weighted by atomic mass is 9.90. The molecule has 1 unspecified atom stereocenters. The Morgan fingerprint density at radius 1 is 1.15 bits per heavy atom. The molecule has 1 aliphatic carbocycles. The first-order chi connectivity index (χ1) is 9.85. The Hall–Kier alpha value is -0.700. The van der Waals surface area contributed by atoms with Gasteiger partial charge in [0.05, 0.1) is 13.2 Å². The van der Waals surface area contributed by atoms with Crippen LogP contribution in [0.25, 0.3) is 0 Å². The van der Waals surface area contributed by atoms with E-state index in [2.05, 4.69) is 15.9 Å². The third-order valence-corrected chi connectivity index (χ3v) is 4.99. The zero-order chi connectivity index (χ0) is 14.2. The van der Waals surface area contributed by atoms with Gasteiger partial charge in [-0.05, 0) is 37.3 Å². The fraction of sp³-hybridized carbons (Fsp3) is 0.647. The van der Waals surface area contributed by atoms with Gasteiger partial charge in [0.2, 0.25) is 0 Å². The van der Waals surface area contributed by atoms with E-state index in [1.54, 1.807) is 0 Å². The molecule has 2 rings (SSSR count). The smallest absolute Gasteiger partial charge is 0.161 e. The molecule has 0 amide bonds. The summed E-state index contributed by atoms with van der Waals surface area (Å²) in [6.45, 7) is 3.45. The molecule has 112 valence electrons. The van der Waals surface area contributed by atoms with Crippen LogP contribution in [0.5, 0.6) is 11.5 Å². The normalized spacial score (nSPS) is 17.1. The molecule has 0 N–H and O–H groups in total. The van der Waals surface area contributed by atoms with Crippen LogP contribution < -0.4 is 9.47 Å². The maximum absolute atomic E-state index is 5.94. The Kier molecular flexibility index (Phi) is 6.71. The Balaban J connectivity index is 1.82. The van der Waals surface area contributed by atoms with E-state index in [4.69, 9.17) is 9.47 Å². The number of para-hydroxylation sites is 2. The number of hydrogen-bond donors (Lipinski definition) is 0. The summed E-state index contributed by atoms with van der Waals surface area (Å²) in [4.78, 5) is 0. The second-order valence-electron chi connectivity index (χ2n) is 5.48. The van der Waals surface area contributed by atoms with E-state index in [-0.39, 0.29) is 0 Å². The summed E-state index contributed by atoms with van der Waals surface area (Å²) in [5, 5.41) is 1.09. The molecule has 20 heavy (non-hydrogen) atoms. The van der Waals surface area contributed by atoms with Crippen molar-refractivity contribution >= 4 is 15.9 Å². The van der Waals surface area contributed by atoms with Crippen LogP contribution in [-0.4, -0.2) is 18.5 Å². The third-order valence-electron chi connectivity index (χ3n) is 4.16. The molecular formula is C17H25BrO2. The molecule has 1 saturated carbocycles. The van der Waals surface area contributed by atoms with Crippen molar-refractivity contribution in [1.29, 1.82) is 0 Å². The molecule has 1 fully saturated rings. The molecule has 0 heterocycles. The van der Waals surface area contributed by atoms with Crippen molar-refractivity contribution in [2.75, 3.05) is 18.5 Å². The predicted molar refractivity (Wildman–Crippen MR) is 87.0 cm³/mol. The van der Waals surface area contributed by atoms with Crippen molar-refractivity contribution in [3.05, 3.63) is 24.3 Å². The SMILES string of the molecule is CCOc1ccccc1OCCC(CBr)C1CCCC1. The highest BCUT2D eigenvalue weighted by atomic mass is 79.9.